The molecule has 0 aliphatic rings. The van der Waals surface area contributed by atoms with Gasteiger partial charge in [0.05, 0.1) is 10.4 Å². The third kappa shape index (κ3) is 4.92. The molecule has 0 saturated carbocycles. The van der Waals surface area contributed by atoms with Gasteiger partial charge in [0.2, 0.25) is 0 Å². The fourth-order valence-corrected chi connectivity index (χ4v) is 4.00. The lowest BCUT2D eigenvalue weighted by atomic mass is 10.0. The molecule has 0 saturated heterocycles. The molecule has 4 heteroatoms. The Balaban J connectivity index is 2.16. The van der Waals surface area contributed by atoms with Crippen molar-refractivity contribution in [1.29, 1.82) is 0 Å². The smallest absolute Gasteiger partial charge is 0.0701 e. The molecule has 1 aromatic heterocycles. The molecular weight excluding hydrogens is 346 g/mol. The van der Waals surface area contributed by atoms with Gasteiger partial charge in [0, 0.05) is 24.0 Å². The van der Waals surface area contributed by atoms with E-state index in [0.29, 0.717) is 5.92 Å². The van der Waals surface area contributed by atoms with Gasteiger partial charge in [-0.25, -0.2) is 0 Å². The molecule has 2 nitrogen and oxygen atoms in total. The monoisotopic (exact) mass is 367 g/mol. The second-order valence-corrected chi connectivity index (χ2v) is 8.14. The van der Waals surface area contributed by atoms with Gasteiger partial charge in [0.15, 0.2) is 0 Å². The molecule has 0 radical (unpaired) electrons. The summed E-state index contributed by atoms with van der Waals surface area (Å²) in [5.74, 6) is 0.419. The van der Waals surface area contributed by atoms with Crippen LogP contribution in [0.5, 0.6) is 0 Å². The number of aliphatic hydroxyl groups excluding tert-OH is 1. The van der Waals surface area contributed by atoms with Crippen LogP contribution in [0, 0.1) is 5.92 Å². The molecule has 21 heavy (non-hydrogen) atoms. The molecular formula is C17H22BrNOS. The molecule has 0 bridgehead atoms. The largest absolute Gasteiger partial charge is 0.395 e. The van der Waals surface area contributed by atoms with Gasteiger partial charge in [0.25, 0.3) is 0 Å². The fourth-order valence-electron chi connectivity index (χ4n) is 2.49. The van der Waals surface area contributed by atoms with Gasteiger partial charge in [-0.1, -0.05) is 44.2 Å². The first-order valence-electron chi connectivity index (χ1n) is 7.23. The molecule has 0 amide bonds. The van der Waals surface area contributed by atoms with Crippen molar-refractivity contribution >= 4 is 27.3 Å². The first kappa shape index (κ1) is 16.7. The Kier molecular flexibility index (Phi) is 6.42. The van der Waals surface area contributed by atoms with Gasteiger partial charge < -0.3 is 5.11 Å². The Morgan fingerprint density at radius 1 is 1.10 bits per heavy atom. The highest BCUT2D eigenvalue weighted by atomic mass is 79.9. The Bertz CT molecular complexity index is 541. The molecule has 114 valence electrons. The van der Waals surface area contributed by atoms with Crippen molar-refractivity contribution in [2.75, 3.05) is 6.61 Å². The van der Waals surface area contributed by atoms with E-state index in [4.69, 9.17) is 0 Å². The van der Waals surface area contributed by atoms with E-state index in [2.05, 4.69) is 71.1 Å². The highest BCUT2D eigenvalue weighted by Gasteiger charge is 2.22. The van der Waals surface area contributed by atoms with Gasteiger partial charge in [0.1, 0.15) is 0 Å². The summed E-state index contributed by atoms with van der Waals surface area (Å²) in [5, 5.41) is 9.78. The normalized spacial score (nSPS) is 13.0. The van der Waals surface area contributed by atoms with Crippen LogP contribution in [0.15, 0.2) is 46.3 Å². The number of hydrogen-bond acceptors (Lipinski definition) is 3. The van der Waals surface area contributed by atoms with Gasteiger partial charge in [-0.3, -0.25) is 4.90 Å². The maximum absolute atomic E-state index is 9.78. The van der Waals surface area contributed by atoms with Crippen molar-refractivity contribution in [1.82, 2.24) is 4.90 Å². The average Bonchev–Trinajstić information content (AvgIpc) is 2.85. The Morgan fingerprint density at radius 2 is 1.81 bits per heavy atom. The summed E-state index contributed by atoms with van der Waals surface area (Å²) in [6, 6.07) is 14.9. The summed E-state index contributed by atoms with van der Waals surface area (Å²) < 4.78 is 1.15. The van der Waals surface area contributed by atoms with Crippen LogP contribution >= 0.6 is 27.3 Å². The summed E-state index contributed by atoms with van der Waals surface area (Å²) in [6.45, 7) is 6.26. The van der Waals surface area contributed by atoms with Crippen LogP contribution in [-0.2, 0) is 13.1 Å². The van der Waals surface area contributed by atoms with Crippen LogP contribution in [0.3, 0.4) is 0 Å². The van der Waals surface area contributed by atoms with Crippen molar-refractivity contribution in [3.8, 4) is 0 Å². The van der Waals surface area contributed by atoms with Gasteiger partial charge >= 0.3 is 0 Å². The number of rotatable bonds is 7. The van der Waals surface area contributed by atoms with E-state index in [1.165, 1.54) is 10.4 Å². The van der Waals surface area contributed by atoms with Crippen LogP contribution in [-0.4, -0.2) is 22.7 Å². The second kappa shape index (κ2) is 8.08. The minimum absolute atomic E-state index is 0.172. The van der Waals surface area contributed by atoms with E-state index in [9.17, 15) is 5.11 Å². The summed E-state index contributed by atoms with van der Waals surface area (Å²) in [7, 11) is 0. The molecule has 1 atom stereocenters. The van der Waals surface area contributed by atoms with Crippen LogP contribution in [0.25, 0.3) is 0 Å². The summed E-state index contributed by atoms with van der Waals surface area (Å²) in [6.07, 6.45) is 0. The Hall–Kier alpha value is -0.680. The zero-order valence-corrected chi connectivity index (χ0v) is 14.9. The number of hydrogen-bond donors (Lipinski definition) is 1. The van der Waals surface area contributed by atoms with Crippen LogP contribution < -0.4 is 0 Å². The van der Waals surface area contributed by atoms with E-state index in [0.717, 1.165) is 16.9 Å². The van der Waals surface area contributed by atoms with Crippen LogP contribution in [0.1, 0.15) is 24.3 Å². The summed E-state index contributed by atoms with van der Waals surface area (Å²) in [4.78, 5) is 3.69. The minimum Gasteiger partial charge on any atom is -0.395 e. The molecule has 0 aliphatic carbocycles. The molecule has 2 aromatic rings. The standard InChI is InChI=1S/C17H22BrNOS/c1-13(2)16(12-20)19(10-14-6-4-3-5-7-14)11-15-8-9-17(18)21-15/h3-9,13,16,20H,10-12H2,1-2H3. The molecule has 0 aliphatic heterocycles. The zero-order valence-electron chi connectivity index (χ0n) is 12.5. The van der Waals surface area contributed by atoms with Crippen LogP contribution in [0.2, 0.25) is 0 Å². The number of halogens is 1. The minimum atomic E-state index is 0.172. The molecule has 1 aromatic carbocycles. The van der Waals surface area contributed by atoms with Crippen molar-refractivity contribution in [2.45, 2.75) is 33.0 Å². The van der Waals surface area contributed by atoms with E-state index in [1.54, 1.807) is 11.3 Å². The van der Waals surface area contributed by atoms with Crippen molar-refractivity contribution in [3.05, 3.63) is 56.7 Å². The van der Waals surface area contributed by atoms with E-state index < -0.39 is 0 Å². The third-order valence-corrected chi connectivity index (χ3v) is 5.25. The lowest BCUT2D eigenvalue weighted by Gasteiger charge is -2.33. The molecule has 1 unspecified atom stereocenters. The molecule has 0 fully saturated rings. The lowest BCUT2D eigenvalue weighted by Crippen LogP contribution is -2.40. The molecule has 1 heterocycles. The van der Waals surface area contributed by atoms with Gasteiger partial charge in [-0.05, 0) is 39.5 Å². The highest BCUT2D eigenvalue weighted by molar-refractivity contribution is 9.11. The fraction of sp³-hybridized carbons (Fsp3) is 0.412. The number of aliphatic hydroxyl groups is 1. The van der Waals surface area contributed by atoms with Crippen molar-refractivity contribution in [3.63, 3.8) is 0 Å². The predicted molar refractivity (Wildman–Crippen MR) is 93.4 cm³/mol. The zero-order chi connectivity index (χ0) is 15.2. The topological polar surface area (TPSA) is 23.5 Å². The van der Waals surface area contributed by atoms with Gasteiger partial charge in [-0.2, -0.15) is 0 Å². The Morgan fingerprint density at radius 3 is 2.33 bits per heavy atom. The van der Waals surface area contributed by atoms with E-state index in [-0.39, 0.29) is 12.6 Å². The molecule has 1 N–H and O–H groups in total. The SMILES string of the molecule is CC(C)C(CO)N(Cc1ccccc1)Cc1ccc(Br)s1. The average molecular weight is 368 g/mol. The number of nitrogens with zero attached hydrogens (tertiary/aromatic N) is 1. The molecule has 2 rings (SSSR count). The number of thiophene rings is 1. The predicted octanol–water partition coefficient (Wildman–Crippen LogP) is 4.53. The highest BCUT2D eigenvalue weighted by Crippen LogP contribution is 2.25. The van der Waals surface area contributed by atoms with Crippen molar-refractivity contribution in [2.24, 2.45) is 5.92 Å². The lowest BCUT2D eigenvalue weighted by molar-refractivity contribution is 0.0793. The first-order valence-corrected chi connectivity index (χ1v) is 8.84. The maximum Gasteiger partial charge on any atom is 0.0701 e. The summed E-state index contributed by atoms with van der Waals surface area (Å²) >= 11 is 5.28. The van der Waals surface area contributed by atoms with E-state index >= 15 is 0 Å². The number of benzene rings is 1. The molecule has 0 spiro atoms. The van der Waals surface area contributed by atoms with Crippen molar-refractivity contribution < 1.29 is 5.11 Å². The quantitative estimate of drug-likeness (QED) is 0.776. The van der Waals surface area contributed by atoms with Gasteiger partial charge in [-0.15, -0.1) is 11.3 Å². The summed E-state index contributed by atoms with van der Waals surface area (Å²) in [5.41, 5.74) is 1.28. The Labute approximate surface area is 139 Å². The second-order valence-electron chi connectivity index (χ2n) is 5.59. The van der Waals surface area contributed by atoms with E-state index in [1.807, 2.05) is 6.07 Å². The van der Waals surface area contributed by atoms with Crippen LogP contribution in [0.4, 0.5) is 0 Å². The third-order valence-electron chi connectivity index (χ3n) is 3.64. The first-order chi connectivity index (χ1) is 10.1. The maximum atomic E-state index is 9.78.